The van der Waals surface area contributed by atoms with Crippen LogP contribution in [0.5, 0.6) is 0 Å². The minimum atomic E-state index is -0.545. The van der Waals surface area contributed by atoms with Gasteiger partial charge in [0.2, 0.25) is 0 Å². The lowest BCUT2D eigenvalue weighted by Crippen LogP contribution is -2.28. The summed E-state index contributed by atoms with van der Waals surface area (Å²) < 4.78 is 5.88. The summed E-state index contributed by atoms with van der Waals surface area (Å²) in [6.07, 6.45) is 2.07. The average molecular weight is 324 g/mol. The fourth-order valence-electron chi connectivity index (χ4n) is 2.38. The van der Waals surface area contributed by atoms with E-state index in [4.69, 9.17) is 10.5 Å². The van der Waals surface area contributed by atoms with Gasteiger partial charge in [-0.25, -0.2) is 0 Å². The van der Waals surface area contributed by atoms with Crippen LogP contribution in [0.15, 0.2) is 82.1 Å². The van der Waals surface area contributed by atoms with E-state index in [2.05, 4.69) is 60.2 Å². The Morgan fingerprint density at radius 1 is 1.09 bits per heavy atom. The van der Waals surface area contributed by atoms with E-state index in [0.717, 1.165) is 11.3 Å². The first-order valence-electron chi connectivity index (χ1n) is 7.62. The van der Waals surface area contributed by atoms with Crippen LogP contribution in [0.2, 0.25) is 0 Å². The molecule has 119 valence electrons. The Morgan fingerprint density at radius 3 is 2.43 bits per heavy atom. The molecule has 2 N–H and O–H groups in total. The van der Waals surface area contributed by atoms with E-state index in [9.17, 15) is 0 Å². The molecular weight excluding hydrogens is 302 g/mol. The smallest absolute Gasteiger partial charge is 0.125 e. The Bertz CT molecular complexity index is 712. The molecule has 0 aliphatic carbocycles. The van der Waals surface area contributed by atoms with Crippen molar-refractivity contribution in [3.63, 3.8) is 0 Å². The number of benzene rings is 2. The van der Waals surface area contributed by atoms with Crippen LogP contribution in [0.25, 0.3) is 0 Å². The predicted octanol–water partition coefficient (Wildman–Crippen LogP) is 4.64. The quantitative estimate of drug-likeness (QED) is 0.786. The van der Waals surface area contributed by atoms with Crippen LogP contribution in [-0.4, -0.2) is 0 Å². The van der Waals surface area contributed by atoms with Gasteiger partial charge < -0.3 is 10.5 Å². The summed E-state index contributed by atoms with van der Waals surface area (Å²) in [6.45, 7) is 6.49. The van der Waals surface area contributed by atoms with Crippen molar-refractivity contribution in [2.45, 2.75) is 24.0 Å². The highest BCUT2D eigenvalue weighted by Crippen LogP contribution is 2.44. The molecule has 0 spiro atoms. The summed E-state index contributed by atoms with van der Waals surface area (Å²) in [6, 6.07) is 18.6. The first-order valence-corrected chi connectivity index (χ1v) is 9.10. The molecular formula is C20H22NOS. The third kappa shape index (κ3) is 4.06. The Hall–Kier alpha value is -1.97. The van der Waals surface area contributed by atoms with Gasteiger partial charge in [-0.3, -0.25) is 0 Å². The van der Waals surface area contributed by atoms with E-state index in [1.54, 1.807) is 0 Å². The van der Waals surface area contributed by atoms with E-state index in [1.807, 2.05) is 25.1 Å². The molecule has 0 amide bonds. The van der Waals surface area contributed by atoms with Crippen LogP contribution >= 0.6 is 10.9 Å². The molecule has 1 aliphatic rings. The van der Waals surface area contributed by atoms with Gasteiger partial charge in [-0.2, -0.15) is 10.9 Å². The van der Waals surface area contributed by atoms with E-state index >= 15 is 0 Å². The van der Waals surface area contributed by atoms with Crippen molar-refractivity contribution in [2.75, 3.05) is 0 Å². The normalized spacial score (nSPS) is 18.7. The van der Waals surface area contributed by atoms with Gasteiger partial charge in [0.25, 0.3) is 0 Å². The van der Waals surface area contributed by atoms with Crippen molar-refractivity contribution in [2.24, 2.45) is 5.73 Å². The Labute approximate surface area is 141 Å². The van der Waals surface area contributed by atoms with E-state index in [-0.39, 0.29) is 0 Å². The third-order valence-corrected chi connectivity index (χ3v) is 5.64. The topological polar surface area (TPSA) is 35.2 Å². The Morgan fingerprint density at radius 2 is 1.78 bits per heavy atom. The number of rotatable bonds is 5. The lowest BCUT2D eigenvalue weighted by Gasteiger charge is -2.20. The second-order valence-corrected chi connectivity index (χ2v) is 7.88. The molecule has 2 aromatic carbocycles. The number of nitrogens with two attached hydrogens (primary N) is 1. The maximum absolute atomic E-state index is 6.03. The number of allylic oxidation sites excluding steroid dienone is 1. The summed E-state index contributed by atoms with van der Waals surface area (Å²) in [4.78, 5) is 1.29. The molecule has 1 radical (unpaired) electrons. The lowest BCUT2D eigenvalue weighted by molar-refractivity contribution is 0.212. The van der Waals surface area contributed by atoms with Crippen LogP contribution in [0.4, 0.5) is 0 Å². The molecule has 0 saturated heterocycles. The second-order valence-electron chi connectivity index (χ2n) is 5.99. The molecule has 2 unspecified atom stereocenters. The molecule has 0 saturated carbocycles. The molecule has 1 heterocycles. The SMILES string of the molecule is [CH2]C(C)(N)c1ccc([SH]2C=CC(OCc3ccccc3)=C2)cc1. The lowest BCUT2D eigenvalue weighted by atomic mass is 9.96. The van der Waals surface area contributed by atoms with Gasteiger partial charge in [0.1, 0.15) is 12.4 Å². The maximum Gasteiger partial charge on any atom is 0.125 e. The molecule has 1 aliphatic heterocycles. The summed E-state index contributed by atoms with van der Waals surface area (Å²) in [5.74, 6) is 0.949. The second kappa shape index (κ2) is 6.65. The first-order chi connectivity index (χ1) is 11.0. The standard InChI is InChI=1S/C20H22NOS/c1-20(2,21)17-8-10-19(11-9-17)23-13-12-18(15-23)22-14-16-6-4-3-5-7-16/h3-13,15,23H,1,14,21H2,2H3. The van der Waals surface area contributed by atoms with Crippen LogP contribution < -0.4 is 5.73 Å². The van der Waals surface area contributed by atoms with E-state index in [0.29, 0.717) is 6.61 Å². The van der Waals surface area contributed by atoms with Crippen molar-refractivity contribution in [3.05, 3.63) is 95.3 Å². The molecule has 2 aromatic rings. The van der Waals surface area contributed by atoms with Crippen molar-refractivity contribution < 1.29 is 4.74 Å². The summed E-state index contributed by atoms with van der Waals surface area (Å²) in [5.41, 5.74) is 7.71. The Kier molecular flexibility index (Phi) is 4.60. The zero-order valence-electron chi connectivity index (χ0n) is 13.3. The number of hydrogen-bond acceptors (Lipinski definition) is 2. The van der Waals surface area contributed by atoms with Gasteiger partial charge in [-0.1, -0.05) is 42.5 Å². The fraction of sp³-hybridized carbons (Fsp3) is 0.150. The highest BCUT2D eigenvalue weighted by molar-refractivity contribution is 8.22. The number of hydrogen-bond donors (Lipinski definition) is 2. The number of ether oxygens (including phenoxy) is 1. The first kappa shape index (κ1) is 15.9. The highest BCUT2D eigenvalue weighted by Gasteiger charge is 2.15. The van der Waals surface area contributed by atoms with Crippen molar-refractivity contribution >= 4 is 10.9 Å². The fourth-order valence-corrected chi connectivity index (χ4v) is 4.02. The molecule has 3 heteroatoms. The maximum atomic E-state index is 6.03. The van der Waals surface area contributed by atoms with Crippen molar-refractivity contribution in [1.29, 1.82) is 0 Å². The van der Waals surface area contributed by atoms with Gasteiger partial charge >= 0.3 is 0 Å². The summed E-state index contributed by atoms with van der Waals surface area (Å²) >= 11 is 0. The number of thiol groups is 1. The van der Waals surface area contributed by atoms with Crippen LogP contribution in [0.3, 0.4) is 0 Å². The minimum Gasteiger partial charge on any atom is -0.488 e. The third-order valence-electron chi connectivity index (χ3n) is 3.74. The molecule has 2 atom stereocenters. The van der Waals surface area contributed by atoms with Gasteiger partial charge in [0.05, 0.1) is 0 Å². The molecule has 3 rings (SSSR count). The van der Waals surface area contributed by atoms with Gasteiger partial charge in [0, 0.05) is 10.9 Å². The predicted molar refractivity (Wildman–Crippen MR) is 99.0 cm³/mol. The molecule has 0 aromatic heterocycles. The highest BCUT2D eigenvalue weighted by atomic mass is 32.2. The van der Waals surface area contributed by atoms with Crippen LogP contribution in [-0.2, 0) is 16.9 Å². The Balaban J connectivity index is 1.64. The van der Waals surface area contributed by atoms with Gasteiger partial charge in [0.15, 0.2) is 0 Å². The zero-order chi connectivity index (χ0) is 16.3. The molecule has 23 heavy (non-hydrogen) atoms. The average Bonchev–Trinajstić information content (AvgIpc) is 3.02. The summed E-state index contributed by atoms with van der Waals surface area (Å²) in [5, 5.41) is 4.43. The van der Waals surface area contributed by atoms with E-state index in [1.165, 1.54) is 10.5 Å². The van der Waals surface area contributed by atoms with Crippen molar-refractivity contribution in [1.82, 2.24) is 0 Å². The summed E-state index contributed by atoms with van der Waals surface area (Å²) in [7, 11) is -0.437. The van der Waals surface area contributed by atoms with Gasteiger partial charge in [-0.15, -0.1) is 0 Å². The molecule has 0 bridgehead atoms. The van der Waals surface area contributed by atoms with Crippen LogP contribution in [0.1, 0.15) is 18.1 Å². The minimum absolute atomic E-state index is 0.437. The largest absolute Gasteiger partial charge is 0.488 e. The molecule has 0 fully saturated rings. The van der Waals surface area contributed by atoms with Crippen molar-refractivity contribution in [3.8, 4) is 0 Å². The zero-order valence-corrected chi connectivity index (χ0v) is 14.2. The monoisotopic (exact) mass is 324 g/mol. The van der Waals surface area contributed by atoms with Gasteiger partial charge in [-0.05, 0) is 53.5 Å². The van der Waals surface area contributed by atoms with Crippen LogP contribution in [0, 0.1) is 6.92 Å². The van der Waals surface area contributed by atoms with E-state index < -0.39 is 16.4 Å². The molecule has 2 nitrogen and oxygen atoms in total.